The highest BCUT2D eigenvalue weighted by atomic mass is 32.1. The third-order valence-electron chi connectivity index (χ3n) is 10.3. The van der Waals surface area contributed by atoms with Gasteiger partial charge in [-0.1, -0.05) is 72.8 Å². The van der Waals surface area contributed by atoms with Crippen molar-refractivity contribution in [1.82, 2.24) is 0 Å². The Morgan fingerprint density at radius 2 is 0.731 bits per heavy atom. The lowest BCUT2D eigenvalue weighted by molar-refractivity contribution is 0.615. The minimum Gasteiger partial charge on any atom is -0.464 e. The molecule has 0 spiro atoms. The van der Waals surface area contributed by atoms with Gasteiger partial charge >= 0.3 is 0 Å². The Kier molecular flexibility index (Phi) is 5.78. The van der Waals surface area contributed by atoms with Crippen LogP contribution in [-0.2, 0) is 0 Å². The van der Waals surface area contributed by atoms with Crippen LogP contribution in [0.1, 0.15) is 0 Å². The van der Waals surface area contributed by atoms with Crippen molar-refractivity contribution < 1.29 is 17.7 Å². The third kappa shape index (κ3) is 4.32. The number of hydrogen-bond acceptors (Lipinski definition) is 6. The Morgan fingerprint density at radius 1 is 0.327 bits per heavy atom. The van der Waals surface area contributed by atoms with Crippen molar-refractivity contribution in [3.63, 3.8) is 0 Å². The maximum atomic E-state index is 6.22. The minimum atomic E-state index is 0.856. The lowest BCUT2D eigenvalue weighted by Crippen LogP contribution is -1.79. The van der Waals surface area contributed by atoms with Crippen molar-refractivity contribution in [3.8, 4) is 44.9 Å². The predicted octanol–water partition coefficient (Wildman–Crippen LogP) is 14.9. The van der Waals surface area contributed by atoms with E-state index in [0.717, 1.165) is 66.5 Å². The zero-order chi connectivity index (χ0) is 33.9. The van der Waals surface area contributed by atoms with Gasteiger partial charge in [0.15, 0.2) is 0 Å². The van der Waals surface area contributed by atoms with Crippen molar-refractivity contribution in [3.05, 3.63) is 146 Å². The molecule has 0 bridgehead atoms. The van der Waals surface area contributed by atoms with Gasteiger partial charge in [-0.2, -0.15) is 0 Å². The van der Waals surface area contributed by atoms with Crippen LogP contribution in [0.25, 0.3) is 118 Å². The summed E-state index contributed by atoms with van der Waals surface area (Å²) in [6.07, 6.45) is 3.42. The molecule has 244 valence electrons. The smallest absolute Gasteiger partial charge is 0.135 e. The molecule has 0 radical (unpaired) electrons. The minimum absolute atomic E-state index is 0.856. The van der Waals surface area contributed by atoms with Gasteiger partial charge in [0.1, 0.15) is 33.9 Å². The number of thiophene rings is 2. The fraction of sp³-hybridized carbons (Fsp3) is 0. The summed E-state index contributed by atoms with van der Waals surface area (Å²) in [7, 11) is 0. The second-order valence-corrected chi connectivity index (χ2v) is 15.5. The second kappa shape index (κ2) is 10.6. The normalized spacial score (nSPS) is 12.2. The van der Waals surface area contributed by atoms with E-state index in [-0.39, 0.29) is 0 Å². The Hall–Kier alpha value is -6.34. The molecule has 0 atom stereocenters. The van der Waals surface area contributed by atoms with E-state index in [0.29, 0.717) is 0 Å². The molecule has 6 heterocycles. The van der Waals surface area contributed by atoms with E-state index >= 15 is 0 Å². The van der Waals surface area contributed by atoms with Crippen molar-refractivity contribution in [2.75, 3.05) is 0 Å². The van der Waals surface area contributed by atoms with Crippen LogP contribution in [0.3, 0.4) is 0 Å². The highest BCUT2D eigenvalue weighted by Gasteiger charge is 2.15. The van der Waals surface area contributed by atoms with Crippen LogP contribution in [0.2, 0.25) is 0 Å². The molecule has 0 saturated heterocycles. The van der Waals surface area contributed by atoms with Crippen LogP contribution in [0.5, 0.6) is 0 Å². The molecule has 6 aromatic heterocycles. The topological polar surface area (TPSA) is 52.6 Å². The van der Waals surface area contributed by atoms with Crippen LogP contribution in [0.4, 0.5) is 0 Å². The molecule has 0 N–H and O–H groups in total. The number of benzene rings is 6. The van der Waals surface area contributed by atoms with Crippen LogP contribution < -0.4 is 0 Å². The number of furan rings is 4. The van der Waals surface area contributed by atoms with Crippen LogP contribution in [0.15, 0.2) is 164 Å². The number of rotatable bonds is 4. The van der Waals surface area contributed by atoms with Gasteiger partial charge in [-0.25, -0.2) is 0 Å². The van der Waals surface area contributed by atoms with Crippen molar-refractivity contribution in [1.29, 1.82) is 0 Å². The number of hydrogen-bond donors (Lipinski definition) is 0. The molecule has 0 saturated carbocycles. The first-order valence-corrected chi connectivity index (χ1v) is 18.7. The molecule has 0 aliphatic carbocycles. The van der Waals surface area contributed by atoms with Crippen molar-refractivity contribution >= 4 is 96.1 Å². The van der Waals surface area contributed by atoms with E-state index in [2.05, 4.69) is 97.1 Å². The molecule has 4 nitrogen and oxygen atoms in total. The summed E-state index contributed by atoms with van der Waals surface area (Å²) in [5.74, 6) is 1.71. The van der Waals surface area contributed by atoms with Gasteiger partial charge < -0.3 is 17.7 Å². The standard InChI is InChI=1S/C46H24O4S2/c1-5-27(39-21-33-19-37-31(13-15-47-37)17-41(33)49-39)6-2-25(1)29-9-11-35-43(23-29)51-46-36-12-10-30(24-44(36)52-45(35)46)26-3-7-28(8-4-26)40-22-34-20-38-32(14-16-48-38)18-42(34)50-40/h1-24H. The van der Waals surface area contributed by atoms with E-state index in [1.54, 1.807) is 12.5 Å². The summed E-state index contributed by atoms with van der Waals surface area (Å²) in [6, 6.07) is 47.3. The molecule has 52 heavy (non-hydrogen) atoms. The van der Waals surface area contributed by atoms with Crippen LogP contribution >= 0.6 is 22.7 Å². The maximum Gasteiger partial charge on any atom is 0.135 e. The molecule has 0 fully saturated rings. The van der Waals surface area contributed by atoms with Gasteiger partial charge in [0.05, 0.1) is 21.9 Å². The van der Waals surface area contributed by atoms with E-state index in [9.17, 15) is 0 Å². The monoisotopic (exact) mass is 704 g/mol. The van der Waals surface area contributed by atoms with Gasteiger partial charge in [-0.3, -0.25) is 0 Å². The first kappa shape index (κ1) is 28.4. The van der Waals surface area contributed by atoms with Crippen LogP contribution in [0, 0.1) is 0 Å². The van der Waals surface area contributed by atoms with Crippen LogP contribution in [-0.4, -0.2) is 0 Å². The molecular weight excluding hydrogens is 681 g/mol. The third-order valence-corrected chi connectivity index (χ3v) is 12.8. The molecule has 6 aromatic carbocycles. The molecule has 12 rings (SSSR count). The van der Waals surface area contributed by atoms with Gasteiger partial charge in [0.2, 0.25) is 0 Å². The average molecular weight is 705 g/mol. The average Bonchev–Trinajstić information content (AvgIpc) is 4.04. The predicted molar refractivity (Wildman–Crippen MR) is 216 cm³/mol. The van der Waals surface area contributed by atoms with E-state index in [1.807, 2.05) is 59.1 Å². The molecule has 0 aliphatic rings. The second-order valence-electron chi connectivity index (χ2n) is 13.4. The summed E-state index contributed by atoms with van der Waals surface area (Å²) in [6.45, 7) is 0. The summed E-state index contributed by atoms with van der Waals surface area (Å²) in [4.78, 5) is 0. The highest BCUT2D eigenvalue weighted by molar-refractivity contribution is 7.36. The lowest BCUT2D eigenvalue weighted by Gasteiger charge is -2.04. The Bertz CT molecular complexity index is 3020. The summed E-state index contributed by atoms with van der Waals surface area (Å²) in [5.41, 5.74) is 10.4. The van der Waals surface area contributed by atoms with Crippen molar-refractivity contribution in [2.45, 2.75) is 0 Å². The first-order valence-electron chi connectivity index (χ1n) is 17.1. The fourth-order valence-electron chi connectivity index (χ4n) is 7.54. The molecular formula is C46H24O4S2. The quantitative estimate of drug-likeness (QED) is 0.183. The summed E-state index contributed by atoms with van der Waals surface area (Å²) >= 11 is 3.77. The molecule has 12 aromatic rings. The zero-order valence-electron chi connectivity index (χ0n) is 27.3. The lowest BCUT2D eigenvalue weighted by atomic mass is 10.0. The molecule has 0 amide bonds. The Balaban J connectivity index is 0.828. The van der Waals surface area contributed by atoms with Crippen molar-refractivity contribution in [2.24, 2.45) is 0 Å². The van der Waals surface area contributed by atoms with Gasteiger partial charge in [0.25, 0.3) is 0 Å². The van der Waals surface area contributed by atoms with E-state index in [4.69, 9.17) is 17.7 Å². The van der Waals surface area contributed by atoms with Gasteiger partial charge in [-0.05, 0) is 82.9 Å². The van der Waals surface area contributed by atoms with Gasteiger partial charge in [-0.15, -0.1) is 22.7 Å². The van der Waals surface area contributed by atoms with E-state index in [1.165, 1.54) is 51.8 Å². The fourth-order valence-corrected chi connectivity index (χ4v) is 10.3. The highest BCUT2D eigenvalue weighted by Crippen LogP contribution is 2.46. The Morgan fingerprint density at radius 3 is 1.19 bits per heavy atom. The first-order chi connectivity index (χ1) is 25.7. The van der Waals surface area contributed by atoms with E-state index < -0.39 is 0 Å². The largest absolute Gasteiger partial charge is 0.464 e. The SMILES string of the molecule is c1cc2cc3oc(-c4ccc(-c5ccc6c(c5)sc5c7ccc(-c8ccc(-c9cc%10cc%11occc%11cc%10o9)cc8)cc7sc65)cc4)cc3cc2o1. The number of fused-ring (bicyclic) bond motifs is 9. The van der Waals surface area contributed by atoms with Gasteiger partial charge in [0, 0.05) is 52.8 Å². The summed E-state index contributed by atoms with van der Waals surface area (Å²) < 4.78 is 28.9. The maximum absolute atomic E-state index is 6.22. The summed E-state index contributed by atoms with van der Waals surface area (Å²) in [5, 5.41) is 6.81. The Labute approximate surface area is 303 Å². The molecule has 0 unspecified atom stereocenters. The zero-order valence-corrected chi connectivity index (χ0v) is 28.9. The molecule has 0 aliphatic heterocycles. The molecule has 6 heteroatoms.